The predicted octanol–water partition coefficient (Wildman–Crippen LogP) is 3.09. The van der Waals surface area contributed by atoms with Crippen molar-refractivity contribution in [2.45, 2.75) is 39.7 Å². The van der Waals surface area contributed by atoms with E-state index in [-0.39, 0.29) is 11.7 Å². The zero-order valence-electron chi connectivity index (χ0n) is 12.7. The van der Waals surface area contributed by atoms with Crippen molar-refractivity contribution >= 4 is 0 Å². The standard InChI is InChI=1S/C15H20F2N4/c1-5-11(18-4)14-12(6-2)21(20-19-14)15-10(16)8-7-9(3)13(15)17/h7-8,11,18H,5-6H2,1-4H3. The van der Waals surface area contributed by atoms with Gasteiger partial charge in [0.05, 0.1) is 11.7 Å². The minimum atomic E-state index is -0.637. The molecule has 4 nitrogen and oxygen atoms in total. The second-order valence-electron chi connectivity index (χ2n) is 4.96. The van der Waals surface area contributed by atoms with Crippen LogP contribution in [0, 0.1) is 18.6 Å². The van der Waals surface area contributed by atoms with Crippen LogP contribution in [0.1, 0.15) is 43.3 Å². The first-order chi connectivity index (χ1) is 10.0. The Morgan fingerprint density at radius 1 is 1.29 bits per heavy atom. The normalized spacial score (nSPS) is 12.7. The highest BCUT2D eigenvalue weighted by molar-refractivity contribution is 5.40. The number of hydrogen-bond acceptors (Lipinski definition) is 3. The molecule has 0 aliphatic heterocycles. The van der Waals surface area contributed by atoms with E-state index in [1.165, 1.54) is 16.8 Å². The van der Waals surface area contributed by atoms with E-state index in [0.717, 1.165) is 17.8 Å². The summed E-state index contributed by atoms with van der Waals surface area (Å²) in [6, 6.07) is 2.69. The maximum absolute atomic E-state index is 14.3. The Morgan fingerprint density at radius 3 is 2.57 bits per heavy atom. The van der Waals surface area contributed by atoms with Crippen molar-refractivity contribution in [1.82, 2.24) is 20.3 Å². The third-order valence-electron chi connectivity index (χ3n) is 3.69. The fraction of sp³-hybridized carbons (Fsp3) is 0.467. The molecule has 114 valence electrons. The van der Waals surface area contributed by atoms with Gasteiger partial charge in [-0.3, -0.25) is 0 Å². The van der Waals surface area contributed by atoms with Crippen molar-refractivity contribution in [3.05, 3.63) is 40.7 Å². The molecule has 21 heavy (non-hydrogen) atoms. The first kappa shape index (κ1) is 15.6. The molecular weight excluding hydrogens is 274 g/mol. The molecule has 2 aromatic rings. The molecule has 0 saturated heterocycles. The molecule has 1 heterocycles. The Morgan fingerprint density at radius 2 is 2.00 bits per heavy atom. The van der Waals surface area contributed by atoms with E-state index >= 15 is 0 Å². The summed E-state index contributed by atoms with van der Waals surface area (Å²) < 4.78 is 29.6. The number of aryl methyl sites for hydroxylation is 1. The lowest BCUT2D eigenvalue weighted by Crippen LogP contribution is -2.18. The van der Waals surface area contributed by atoms with Crippen LogP contribution in [0.5, 0.6) is 0 Å². The Labute approximate surface area is 123 Å². The summed E-state index contributed by atoms with van der Waals surface area (Å²) in [5.41, 5.74) is 1.69. The summed E-state index contributed by atoms with van der Waals surface area (Å²) in [4.78, 5) is 0. The molecule has 0 aliphatic rings. The lowest BCUT2D eigenvalue weighted by molar-refractivity contribution is 0.546. The van der Waals surface area contributed by atoms with Crippen molar-refractivity contribution in [3.63, 3.8) is 0 Å². The van der Waals surface area contributed by atoms with Crippen molar-refractivity contribution in [1.29, 1.82) is 0 Å². The predicted molar refractivity (Wildman–Crippen MR) is 77.5 cm³/mol. The summed E-state index contributed by atoms with van der Waals surface area (Å²) >= 11 is 0. The summed E-state index contributed by atoms with van der Waals surface area (Å²) in [6.45, 7) is 5.55. The van der Waals surface area contributed by atoms with Gasteiger partial charge in [-0.2, -0.15) is 0 Å². The van der Waals surface area contributed by atoms with Gasteiger partial charge in [0.2, 0.25) is 0 Å². The number of nitrogens with one attached hydrogen (secondary N) is 1. The van der Waals surface area contributed by atoms with Crippen LogP contribution >= 0.6 is 0 Å². The summed E-state index contributed by atoms with van der Waals surface area (Å²) in [5, 5.41) is 11.3. The van der Waals surface area contributed by atoms with Gasteiger partial charge in [-0.1, -0.05) is 25.1 Å². The smallest absolute Gasteiger partial charge is 0.154 e. The molecule has 1 aromatic heterocycles. The van der Waals surface area contributed by atoms with Crippen molar-refractivity contribution in [2.75, 3.05) is 7.05 Å². The van der Waals surface area contributed by atoms with E-state index in [9.17, 15) is 8.78 Å². The second kappa shape index (κ2) is 6.30. The zero-order chi connectivity index (χ0) is 15.6. The van der Waals surface area contributed by atoms with Crippen LogP contribution < -0.4 is 5.32 Å². The van der Waals surface area contributed by atoms with Crippen LogP contribution in [0.4, 0.5) is 8.78 Å². The van der Waals surface area contributed by atoms with Crippen molar-refractivity contribution < 1.29 is 8.78 Å². The molecule has 0 fully saturated rings. The third kappa shape index (κ3) is 2.68. The van der Waals surface area contributed by atoms with E-state index in [1.54, 1.807) is 6.92 Å². The van der Waals surface area contributed by atoms with E-state index in [0.29, 0.717) is 12.0 Å². The van der Waals surface area contributed by atoms with Crippen molar-refractivity contribution in [2.24, 2.45) is 0 Å². The summed E-state index contributed by atoms with van der Waals surface area (Å²) in [7, 11) is 1.83. The second-order valence-corrected chi connectivity index (χ2v) is 4.96. The van der Waals surface area contributed by atoms with Crippen LogP contribution in [0.25, 0.3) is 5.69 Å². The van der Waals surface area contributed by atoms with Crippen LogP contribution in [-0.4, -0.2) is 22.0 Å². The van der Waals surface area contributed by atoms with Gasteiger partial charge in [-0.25, -0.2) is 13.5 Å². The van der Waals surface area contributed by atoms with E-state index in [4.69, 9.17) is 0 Å². The number of nitrogens with zero attached hydrogens (tertiary/aromatic N) is 3. The zero-order valence-corrected chi connectivity index (χ0v) is 12.7. The maximum atomic E-state index is 14.3. The molecule has 0 aliphatic carbocycles. The Balaban J connectivity index is 2.64. The number of halogens is 2. The fourth-order valence-electron chi connectivity index (χ4n) is 2.46. The molecule has 1 aromatic carbocycles. The molecule has 0 bridgehead atoms. The Bertz CT molecular complexity index is 633. The highest BCUT2D eigenvalue weighted by Gasteiger charge is 2.23. The van der Waals surface area contributed by atoms with Gasteiger partial charge in [-0.05, 0) is 38.4 Å². The van der Waals surface area contributed by atoms with Gasteiger partial charge in [0.1, 0.15) is 11.4 Å². The Kier molecular flexibility index (Phi) is 4.67. The summed E-state index contributed by atoms with van der Waals surface area (Å²) in [6.07, 6.45) is 1.41. The maximum Gasteiger partial charge on any atom is 0.154 e. The molecule has 1 unspecified atom stereocenters. The van der Waals surface area contributed by atoms with Gasteiger partial charge in [0.25, 0.3) is 0 Å². The van der Waals surface area contributed by atoms with Gasteiger partial charge in [-0.15, -0.1) is 5.10 Å². The highest BCUT2D eigenvalue weighted by atomic mass is 19.1. The molecule has 0 radical (unpaired) electrons. The van der Waals surface area contributed by atoms with Gasteiger partial charge >= 0.3 is 0 Å². The van der Waals surface area contributed by atoms with Crippen molar-refractivity contribution in [3.8, 4) is 5.69 Å². The number of aromatic nitrogens is 3. The number of hydrogen-bond donors (Lipinski definition) is 1. The average molecular weight is 294 g/mol. The SMILES string of the molecule is CCc1c(C(CC)NC)nnn1-c1c(F)ccc(C)c1F. The largest absolute Gasteiger partial charge is 0.312 e. The first-order valence-electron chi connectivity index (χ1n) is 7.11. The topological polar surface area (TPSA) is 42.7 Å². The lowest BCUT2D eigenvalue weighted by Gasteiger charge is -2.14. The number of benzene rings is 1. The Hall–Kier alpha value is -1.82. The minimum absolute atomic E-state index is 0.0182. The average Bonchev–Trinajstić information content (AvgIpc) is 2.88. The first-order valence-corrected chi connectivity index (χ1v) is 7.11. The third-order valence-corrected chi connectivity index (χ3v) is 3.69. The summed E-state index contributed by atoms with van der Waals surface area (Å²) in [5.74, 6) is -1.24. The minimum Gasteiger partial charge on any atom is -0.312 e. The molecule has 0 spiro atoms. The van der Waals surface area contributed by atoms with Crippen LogP contribution in [0.15, 0.2) is 12.1 Å². The van der Waals surface area contributed by atoms with Gasteiger partial charge < -0.3 is 5.32 Å². The quantitative estimate of drug-likeness (QED) is 0.921. The van der Waals surface area contributed by atoms with Crippen LogP contribution in [0.3, 0.4) is 0 Å². The highest BCUT2D eigenvalue weighted by Crippen LogP contribution is 2.25. The van der Waals surface area contributed by atoms with E-state index < -0.39 is 11.6 Å². The monoisotopic (exact) mass is 294 g/mol. The fourth-order valence-corrected chi connectivity index (χ4v) is 2.46. The molecule has 1 atom stereocenters. The van der Waals surface area contributed by atoms with E-state index in [2.05, 4.69) is 15.6 Å². The number of rotatable bonds is 5. The van der Waals surface area contributed by atoms with Crippen LogP contribution in [-0.2, 0) is 6.42 Å². The molecule has 1 N–H and O–H groups in total. The van der Waals surface area contributed by atoms with E-state index in [1.807, 2.05) is 20.9 Å². The van der Waals surface area contributed by atoms with Crippen LogP contribution in [0.2, 0.25) is 0 Å². The molecule has 6 heteroatoms. The molecule has 0 saturated carbocycles. The molecule has 2 rings (SSSR count). The van der Waals surface area contributed by atoms with Gasteiger partial charge in [0, 0.05) is 0 Å². The molecular formula is C15H20F2N4. The molecule has 0 amide bonds. The lowest BCUT2D eigenvalue weighted by atomic mass is 10.1. The van der Waals surface area contributed by atoms with Gasteiger partial charge in [0.15, 0.2) is 11.6 Å².